The van der Waals surface area contributed by atoms with Gasteiger partial charge in [0.25, 0.3) is 5.69 Å². The number of benzene rings is 1. The maximum Gasteiger partial charge on any atom is 0.272 e. The summed E-state index contributed by atoms with van der Waals surface area (Å²) in [5.74, 6) is 0.352. The first kappa shape index (κ1) is 13.0. The molecule has 1 fully saturated rings. The summed E-state index contributed by atoms with van der Waals surface area (Å²) < 4.78 is 0. The van der Waals surface area contributed by atoms with Gasteiger partial charge < -0.3 is 5.11 Å². The highest BCUT2D eigenvalue weighted by Crippen LogP contribution is 2.22. The summed E-state index contributed by atoms with van der Waals surface area (Å²) in [6.07, 6.45) is 1.00. The third kappa shape index (κ3) is 2.86. The van der Waals surface area contributed by atoms with Gasteiger partial charge in [0.1, 0.15) is 0 Å². The first-order valence-corrected chi connectivity index (χ1v) is 6.17. The number of aliphatic hydroxyl groups is 1. The smallest absolute Gasteiger partial charge is 0.272 e. The van der Waals surface area contributed by atoms with Gasteiger partial charge in [-0.2, -0.15) is 0 Å². The summed E-state index contributed by atoms with van der Waals surface area (Å²) in [6, 6.07) is 5.39. The van der Waals surface area contributed by atoms with E-state index < -0.39 is 0 Å². The van der Waals surface area contributed by atoms with E-state index in [1.165, 1.54) is 0 Å². The first-order valence-electron chi connectivity index (χ1n) is 6.17. The van der Waals surface area contributed by atoms with Gasteiger partial charge in [-0.15, -0.1) is 0 Å². The number of aryl methyl sites for hydroxylation is 1. The minimum absolute atomic E-state index is 0.186. The van der Waals surface area contributed by atoms with Gasteiger partial charge in [-0.25, -0.2) is 0 Å². The predicted molar refractivity (Wildman–Crippen MR) is 68.3 cm³/mol. The number of nitrogens with zero attached hydrogens (tertiary/aromatic N) is 2. The fourth-order valence-electron chi connectivity index (χ4n) is 2.41. The summed E-state index contributed by atoms with van der Waals surface area (Å²) in [5, 5.41) is 20.0. The molecule has 0 saturated carbocycles. The molecule has 98 valence electrons. The summed E-state index contributed by atoms with van der Waals surface area (Å²) in [6.45, 7) is 4.52. The van der Waals surface area contributed by atoms with Gasteiger partial charge in [0.15, 0.2) is 0 Å². The van der Waals surface area contributed by atoms with Gasteiger partial charge in [0, 0.05) is 31.3 Å². The molecule has 0 aliphatic carbocycles. The molecule has 18 heavy (non-hydrogen) atoms. The molecule has 5 nitrogen and oxygen atoms in total. The maximum atomic E-state index is 10.9. The summed E-state index contributed by atoms with van der Waals surface area (Å²) in [5.41, 5.74) is 1.84. The van der Waals surface area contributed by atoms with Crippen LogP contribution in [-0.2, 0) is 6.54 Å². The number of aliphatic hydroxyl groups excluding tert-OH is 1. The van der Waals surface area contributed by atoms with Crippen LogP contribution in [0.3, 0.4) is 0 Å². The number of nitro benzene ring substituents is 1. The van der Waals surface area contributed by atoms with Gasteiger partial charge in [-0.3, -0.25) is 15.0 Å². The van der Waals surface area contributed by atoms with Crippen LogP contribution in [-0.4, -0.2) is 34.6 Å². The predicted octanol–water partition coefficient (Wildman–Crippen LogP) is 1.72. The van der Waals surface area contributed by atoms with E-state index in [0.29, 0.717) is 11.5 Å². The van der Waals surface area contributed by atoms with Crippen LogP contribution in [0.5, 0.6) is 0 Å². The topological polar surface area (TPSA) is 66.6 Å². The molecule has 0 amide bonds. The van der Waals surface area contributed by atoms with E-state index >= 15 is 0 Å². The van der Waals surface area contributed by atoms with Crippen molar-refractivity contribution in [2.45, 2.75) is 19.9 Å². The zero-order chi connectivity index (χ0) is 13.1. The number of hydrogen-bond acceptors (Lipinski definition) is 4. The van der Waals surface area contributed by atoms with Crippen molar-refractivity contribution in [3.05, 3.63) is 39.4 Å². The lowest BCUT2D eigenvalue weighted by Gasteiger charge is -2.15. The van der Waals surface area contributed by atoms with Crippen LogP contribution in [0.15, 0.2) is 18.2 Å². The van der Waals surface area contributed by atoms with Crippen LogP contribution in [0.25, 0.3) is 0 Å². The Labute approximate surface area is 106 Å². The third-order valence-electron chi connectivity index (χ3n) is 3.50. The molecule has 2 rings (SSSR count). The quantitative estimate of drug-likeness (QED) is 0.652. The molecule has 0 bridgehead atoms. The average molecular weight is 250 g/mol. The van der Waals surface area contributed by atoms with Crippen LogP contribution < -0.4 is 0 Å². The Hall–Kier alpha value is -1.46. The van der Waals surface area contributed by atoms with Crippen molar-refractivity contribution in [1.82, 2.24) is 4.90 Å². The number of likely N-dealkylation sites (tertiary alicyclic amines) is 1. The van der Waals surface area contributed by atoms with Crippen LogP contribution in [0.1, 0.15) is 17.5 Å². The Morgan fingerprint density at radius 2 is 2.33 bits per heavy atom. The van der Waals surface area contributed by atoms with Gasteiger partial charge in [-0.1, -0.05) is 12.1 Å². The molecular weight excluding hydrogens is 232 g/mol. The second-order valence-electron chi connectivity index (χ2n) is 4.95. The standard InChI is InChI=1S/C13H18N2O3/c1-10-2-3-11(6-13(10)15(17)18)7-14-5-4-12(8-14)9-16/h2-3,6,12,16H,4-5,7-9H2,1H3. The van der Waals surface area contributed by atoms with Crippen molar-refractivity contribution >= 4 is 5.69 Å². The van der Waals surface area contributed by atoms with Crippen LogP contribution >= 0.6 is 0 Å². The fraction of sp³-hybridized carbons (Fsp3) is 0.538. The highest BCUT2D eigenvalue weighted by Gasteiger charge is 2.22. The normalized spacial score (nSPS) is 20.2. The van der Waals surface area contributed by atoms with Crippen molar-refractivity contribution in [3.8, 4) is 0 Å². The minimum atomic E-state index is -0.334. The number of hydrogen-bond donors (Lipinski definition) is 1. The van der Waals surface area contributed by atoms with E-state index in [4.69, 9.17) is 5.11 Å². The fourth-order valence-corrected chi connectivity index (χ4v) is 2.41. The second kappa shape index (κ2) is 5.46. The molecule has 1 aliphatic rings. The molecule has 1 aromatic carbocycles. The molecule has 1 heterocycles. The summed E-state index contributed by atoms with van der Waals surface area (Å²) in [4.78, 5) is 12.8. The van der Waals surface area contributed by atoms with Crippen molar-refractivity contribution in [2.75, 3.05) is 19.7 Å². The Morgan fingerprint density at radius 3 is 2.94 bits per heavy atom. The third-order valence-corrected chi connectivity index (χ3v) is 3.50. The Morgan fingerprint density at radius 1 is 1.56 bits per heavy atom. The lowest BCUT2D eigenvalue weighted by Crippen LogP contribution is -2.21. The molecule has 1 atom stereocenters. The Bertz CT molecular complexity index is 448. The largest absolute Gasteiger partial charge is 0.396 e. The Kier molecular flexibility index (Phi) is 3.93. The molecule has 0 aromatic heterocycles. The molecule has 1 aromatic rings. The van der Waals surface area contributed by atoms with Crippen LogP contribution in [0.4, 0.5) is 5.69 Å². The maximum absolute atomic E-state index is 10.9. The van der Waals surface area contributed by atoms with E-state index in [1.54, 1.807) is 19.1 Å². The molecule has 0 spiro atoms. The summed E-state index contributed by atoms with van der Waals surface area (Å²) >= 11 is 0. The van der Waals surface area contributed by atoms with E-state index in [9.17, 15) is 10.1 Å². The molecular formula is C13H18N2O3. The lowest BCUT2D eigenvalue weighted by molar-refractivity contribution is -0.385. The van der Waals surface area contributed by atoms with E-state index in [1.807, 2.05) is 6.07 Å². The number of rotatable bonds is 4. The summed E-state index contributed by atoms with van der Waals surface area (Å²) in [7, 11) is 0. The van der Waals surface area contributed by atoms with Crippen molar-refractivity contribution in [2.24, 2.45) is 5.92 Å². The van der Waals surface area contributed by atoms with E-state index in [0.717, 1.165) is 31.6 Å². The SMILES string of the molecule is Cc1ccc(CN2CCC(CO)C2)cc1[N+](=O)[O-]. The molecule has 0 radical (unpaired) electrons. The molecule has 1 N–H and O–H groups in total. The minimum Gasteiger partial charge on any atom is -0.396 e. The number of nitro groups is 1. The van der Waals surface area contributed by atoms with Gasteiger partial charge in [0.2, 0.25) is 0 Å². The first-order chi connectivity index (χ1) is 8.60. The van der Waals surface area contributed by atoms with Crippen molar-refractivity contribution in [3.63, 3.8) is 0 Å². The van der Waals surface area contributed by atoms with Crippen molar-refractivity contribution in [1.29, 1.82) is 0 Å². The van der Waals surface area contributed by atoms with Crippen LogP contribution in [0.2, 0.25) is 0 Å². The lowest BCUT2D eigenvalue weighted by atomic mass is 10.1. The van der Waals surface area contributed by atoms with Gasteiger partial charge in [0.05, 0.1) is 4.92 Å². The second-order valence-corrected chi connectivity index (χ2v) is 4.95. The average Bonchev–Trinajstić information content (AvgIpc) is 2.79. The highest BCUT2D eigenvalue weighted by atomic mass is 16.6. The monoisotopic (exact) mass is 250 g/mol. The van der Waals surface area contributed by atoms with Gasteiger partial charge in [-0.05, 0) is 31.4 Å². The molecule has 1 aliphatic heterocycles. The molecule has 1 unspecified atom stereocenters. The molecule has 5 heteroatoms. The zero-order valence-corrected chi connectivity index (χ0v) is 10.5. The van der Waals surface area contributed by atoms with E-state index in [-0.39, 0.29) is 17.2 Å². The highest BCUT2D eigenvalue weighted by molar-refractivity contribution is 5.42. The van der Waals surface area contributed by atoms with Crippen molar-refractivity contribution < 1.29 is 10.0 Å². The van der Waals surface area contributed by atoms with E-state index in [2.05, 4.69) is 4.90 Å². The van der Waals surface area contributed by atoms with Gasteiger partial charge >= 0.3 is 0 Å². The molecule has 1 saturated heterocycles. The van der Waals surface area contributed by atoms with Crippen LogP contribution in [0, 0.1) is 23.0 Å². The zero-order valence-electron chi connectivity index (χ0n) is 10.5. The Balaban J connectivity index is 2.06.